The number of morpholine rings is 1. The van der Waals surface area contributed by atoms with E-state index in [4.69, 9.17) is 4.74 Å². The van der Waals surface area contributed by atoms with E-state index in [-0.39, 0.29) is 11.7 Å². The molecule has 2 aromatic rings. The number of hydrogen-bond donors (Lipinski definition) is 1. The summed E-state index contributed by atoms with van der Waals surface area (Å²) in [5.41, 5.74) is 2.96. The number of ketones is 1. The highest BCUT2D eigenvalue weighted by Crippen LogP contribution is 2.29. The first kappa shape index (κ1) is 25.4. The van der Waals surface area contributed by atoms with E-state index in [1.165, 1.54) is 0 Å². The Morgan fingerprint density at radius 3 is 2.09 bits per heavy atom. The average Bonchev–Trinajstić information content (AvgIpc) is 2.92. The zero-order valence-corrected chi connectivity index (χ0v) is 21.3. The Kier molecular flexibility index (Phi) is 8.21. The van der Waals surface area contributed by atoms with Crippen LogP contribution in [0.1, 0.15) is 39.6 Å². The number of rotatable bonds is 8. The van der Waals surface area contributed by atoms with Gasteiger partial charge >= 0.3 is 0 Å². The van der Waals surface area contributed by atoms with Gasteiger partial charge in [0.15, 0.2) is 5.78 Å². The molecule has 0 aromatic heterocycles. The van der Waals surface area contributed by atoms with E-state index in [1.54, 1.807) is 0 Å². The van der Waals surface area contributed by atoms with Crippen molar-refractivity contribution in [2.45, 2.75) is 25.3 Å². The second kappa shape index (κ2) is 11.3. The van der Waals surface area contributed by atoms with Crippen molar-refractivity contribution in [3.05, 3.63) is 65.2 Å². The van der Waals surface area contributed by atoms with Gasteiger partial charge in [0.2, 0.25) is 0 Å². The Labute approximate surface area is 209 Å². The molecule has 0 radical (unpaired) electrons. The van der Waals surface area contributed by atoms with Crippen molar-refractivity contribution in [3.8, 4) is 0 Å². The van der Waals surface area contributed by atoms with E-state index in [9.17, 15) is 9.59 Å². The maximum atomic E-state index is 13.9. The SMILES string of the molecule is CCC(Cc1ccc(C(=O)N2CCOCC2)cc1)(C(=O)c1ccc(N2CCNCC2)cc1)N(C)C. The number of nitrogens with one attached hydrogen (secondary N) is 1. The number of likely N-dealkylation sites (N-methyl/N-ethyl adjacent to an activating group) is 1. The molecule has 0 spiro atoms. The van der Waals surface area contributed by atoms with Crippen LogP contribution in [0.3, 0.4) is 0 Å². The molecule has 4 rings (SSSR count). The minimum Gasteiger partial charge on any atom is -0.378 e. The fourth-order valence-electron chi connectivity index (χ4n) is 5.11. The van der Waals surface area contributed by atoms with Crippen LogP contribution in [0, 0.1) is 0 Å². The third-order valence-corrected chi connectivity index (χ3v) is 7.47. The van der Waals surface area contributed by atoms with Gasteiger partial charge in [0, 0.05) is 56.1 Å². The van der Waals surface area contributed by atoms with Gasteiger partial charge in [-0.3, -0.25) is 14.5 Å². The molecule has 1 unspecified atom stereocenters. The summed E-state index contributed by atoms with van der Waals surface area (Å²) in [7, 11) is 3.96. The Morgan fingerprint density at radius 2 is 1.51 bits per heavy atom. The van der Waals surface area contributed by atoms with Crippen molar-refractivity contribution in [1.29, 1.82) is 0 Å². The van der Waals surface area contributed by atoms with Crippen LogP contribution < -0.4 is 10.2 Å². The summed E-state index contributed by atoms with van der Waals surface area (Å²) < 4.78 is 5.36. The van der Waals surface area contributed by atoms with Gasteiger partial charge in [-0.2, -0.15) is 0 Å². The maximum Gasteiger partial charge on any atom is 0.254 e. The van der Waals surface area contributed by atoms with Crippen LogP contribution in [0.15, 0.2) is 48.5 Å². The number of anilines is 1. The number of carbonyl (C=O) groups is 2. The largest absolute Gasteiger partial charge is 0.378 e. The summed E-state index contributed by atoms with van der Waals surface area (Å²) in [4.78, 5) is 32.9. The van der Waals surface area contributed by atoms with Crippen molar-refractivity contribution < 1.29 is 14.3 Å². The van der Waals surface area contributed by atoms with Crippen LogP contribution in [0.5, 0.6) is 0 Å². The number of ether oxygens (including phenoxy) is 1. The number of Topliss-reactive ketones (excluding diaryl/α,β-unsaturated/α-hetero) is 1. The number of benzene rings is 2. The van der Waals surface area contributed by atoms with E-state index < -0.39 is 5.54 Å². The van der Waals surface area contributed by atoms with Gasteiger partial charge in [-0.15, -0.1) is 0 Å². The first-order valence-electron chi connectivity index (χ1n) is 12.7. The quantitative estimate of drug-likeness (QED) is 0.589. The van der Waals surface area contributed by atoms with E-state index in [2.05, 4.69) is 29.3 Å². The van der Waals surface area contributed by atoms with Crippen LogP contribution in [-0.4, -0.2) is 93.6 Å². The summed E-state index contributed by atoms with van der Waals surface area (Å²) in [6.07, 6.45) is 1.27. The topological polar surface area (TPSA) is 65.1 Å². The molecule has 2 saturated heterocycles. The lowest BCUT2D eigenvalue weighted by molar-refractivity contribution is 0.0303. The fraction of sp³-hybridized carbons (Fsp3) is 0.500. The van der Waals surface area contributed by atoms with Gasteiger partial charge in [-0.1, -0.05) is 19.1 Å². The molecule has 2 heterocycles. The van der Waals surface area contributed by atoms with Crippen LogP contribution >= 0.6 is 0 Å². The normalized spacial score (nSPS) is 18.4. The Balaban J connectivity index is 1.50. The standard InChI is InChI=1S/C28H38N4O3/c1-4-28(30(2)3,26(33)23-9-11-25(12-10-23)31-15-13-29-14-16-31)21-22-5-7-24(8-6-22)27(34)32-17-19-35-20-18-32/h5-12,29H,4,13-21H2,1-3H3. The van der Waals surface area contributed by atoms with Crippen LogP contribution in [-0.2, 0) is 11.2 Å². The molecular weight excluding hydrogens is 440 g/mol. The second-order valence-corrected chi connectivity index (χ2v) is 9.67. The molecule has 1 N–H and O–H groups in total. The summed E-state index contributed by atoms with van der Waals surface area (Å²) in [5.74, 6) is 0.167. The zero-order chi connectivity index (χ0) is 24.8. The van der Waals surface area contributed by atoms with Crippen molar-refractivity contribution in [2.75, 3.05) is 71.5 Å². The number of nitrogens with zero attached hydrogens (tertiary/aromatic N) is 3. The van der Waals surface area contributed by atoms with Crippen molar-refractivity contribution >= 4 is 17.4 Å². The molecule has 0 saturated carbocycles. The smallest absolute Gasteiger partial charge is 0.254 e. The number of amides is 1. The lowest BCUT2D eigenvalue weighted by Gasteiger charge is -2.38. The lowest BCUT2D eigenvalue weighted by atomic mass is 9.80. The first-order chi connectivity index (χ1) is 16.9. The monoisotopic (exact) mass is 478 g/mol. The third-order valence-electron chi connectivity index (χ3n) is 7.47. The average molecular weight is 479 g/mol. The van der Waals surface area contributed by atoms with Gasteiger partial charge in [-0.25, -0.2) is 0 Å². The lowest BCUT2D eigenvalue weighted by Crippen LogP contribution is -2.52. The maximum absolute atomic E-state index is 13.9. The van der Waals surface area contributed by atoms with Crippen molar-refractivity contribution in [1.82, 2.24) is 15.1 Å². The van der Waals surface area contributed by atoms with Gasteiger partial charge in [0.05, 0.1) is 18.8 Å². The summed E-state index contributed by atoms with van der Waals surface area (Å²) in [5, 5.41) is 3.38. The molecule has 2 aliphatic rings. The molecule has 1 amide bonds. The van der Waals surface area contributed by atoms with Crippen LogP contribution in [0.2, 0.25) is 0 Å². The number of piperazine rings is 1. The van der Waals surface area contributed by atoms with E-state index >= 15 is 0 Å². The van der Waals surface area contributed by atoms with Gasteiger partial charge < -0.3 is 19.9 Å². The second-order valence-electron chi connectivity index (χ2n) is 9.67. The minimum atomic E-state index is -0.660. The highest BCUT2D eigenvalue weighted by atomic mass is 16.5. The van der Waals surface area contributed by atoms with E-state index in [0.29, 0.717) is 44.7 Å². The molecule has 2 fully saturated rings. The third kappa shape index (κ3) is 5.58. The van der Waals surface area contributed by atoms with E-state index in [0.717, 1.165) is 43.0 Å². The summed E-state index contributed by atoms with van der Waals surface area (Å²) in [6.45, 7) is 8.43. The highest BCUT2D eigenvalue weighted by Gasteiger charge is 2.39. The van der Waals surface area contributed by atoms with Gasteiger partial charge in [0.1, 0.15) is 0 Å². The molecule has 35 heavy (non-hydrogen) atoms. The molecule has 0 aliphatic carbocycles. The molecule has 7 heteroatoms. The molecule has 1 atom stereocenters. The van der Waals surface area contributed by atoms with Crippen LogP contribution in [0.25, 0.3) is 0 Å². The minimum absolute atomic E-state index is 0.0369. The molecule has 2 aromatic carbocycles. The number of hydrogen-bond acceptors (Lipinski definition) is 6. The summed E-state index contributed by atoms with van der Waals surface area (Å²) >= 11 is 0. The predicted molar refractivity (Wildman–Crippen MR) is 139 cm³/mol. The Hall–Kier alpha value is -2.74. The van der Waals surface area contributed by atoms with Crippen LogP contribution in [0.4, 0.5) is 5.69 Å². The van der Waals surface area contributed by atoms with Gasteiger partial charge in [0.25, 0.3) is 5.91 Å². The predicted octanol–water partition coefficient (Wildman–Crippen LogP) is 2.70. The zero-order valence-electron chi connectivity index (χ0n) is 21.3. The molecule has 7 nitrogen and oxygen atoms in total. The van der Waals surface area contributed by atoms with Crippen molar-refractivity contribution in [3.63, 3.8) is 0 Å². The summed E-state index contributed by atoms with van der Waals surface area (Å²) in [6, 6.07) is 15.8. The van der Waals surface area contributed by atoms with Crippen molar-refractivity contribution in [2.24, 2.45) is 0 Å². The Morgan fingerprint density at radius 1 is 0.914 bits per heavy atom. The molecule has 2 aliphatic heterocycles. The first-order valence-corrected chi connectivity index (χ1v) is 12.7. The van der Waals surface area contributed by atoms with Gasteiger partial charge in [-0.05, 0) is 68.9 Å². The molecule has 0 bridgehead atoms. The highest BCUT2D eigenvalue weighted by molar-refractivity contribution is 6.03. The Bertz CT molecular complexity index is 994. The van der Waals surface area contributed by atoms with E-state index in [1.807, 2.05) is 60.3 Å². The molecular formula is C28H38N4O3. The molecule has 188 valence electrons. The number of carbonyl (C=O) groups excluding carboxylic acids is 2. The fourth-order valence-corrected chi connectivity index (χ4v) is 5.11.